The summed E-state index contributed by atoms with van der Waals surface area (Å²) < 4.78 is 0. The summed E-state index contributed by atoms with van der Waals surface area (Å²) in [6, 6.07) is 0. The summed E-state index contributed by atoms with van der Waals surface area (Å²) in [5.74, 6) is 1.47. The topological polar surface area (TPSA) is 72.0 Å². The van der Waals surface area contributed by atoms with Gasteiger partial charge in [-0.15, -0.1) is 0 Å². The number of carbonyl (C=O) groups excluding carboxylic acids is 2. The first-order chi connectivity index (χ1) is 12.5. The third-order valence-electron chi connectivity index (χ3n) is 4.86. The van der Waals surface area contributed by atoms with Crippen LogP contribution in [0.5, 0.6) is 0 Å². The summed E-state index contributed by atoms with van der Waals surface area (Å²) in [5, 5.41) is 3.63. The van der Waals surface area contributed by atoms with Crippen LogP contribution in [0.4, 0.5) is 0 Å². The predicted octanol–water partition coefficient (Wildman–Crippen LogP) is 3.96. The summed E-state index contributed by atoms with van der Waals surface area (Å²) >= 11 is 1.34. The third kappa shape index (κ3) is 5.16. The number of aryl methyl sites for hydroxylation is 1. The quantitative estimate of drug-likeness (QED) is 0.323. The van der Waals surface area contributed by atoms with Crippen LogP contribution in [0.3, 0.4) is 0 Å². The monoisotopic (exact) mass is 373 g/mol. The highest BCUT2D eigenvalue weighted by Crippen LogP contribution is 2.39. The van der Waals surface area contributed by atoms with Crippen molar-refractivity contribution in [3.8, 4) is 0 Å². The van der Waals surface area contributed by atoms with Crippen LogP contribution in [0.15, 0.2) is 16.7 Å². The Kier molecular flexibility index (Phi) is 6.46. The molecule has 1 aromatic heterocycles. The number of nitrogens with zero attached hydrogens (tertiary/aromatic N) is 2. The molecule has 0 aliphatic heterocycles. The Morgan fingerprint density at radius 2 is 2.08 bits per heavy atom. The molecule has 0 saturated heterocycles. The van der Waals surface area contributed by atoms with Crippen molar-refractivity contribution in [2.45, 2.75) is 69.7 Å². The number of Topliss-reactive ketones (excluding diaryl/α,β-unsaturated/α-hetero) is 1. The van der Waals surface area contributed by atoms with Crippen molar-refractivity contribution < 1.29 is 9.59 Å². The Balaban J connectivity index is 1.55. The lowest BCUT2D eigenvalue weighted by atomic mass is 9.97. The van der Waals surface area contributed by atoms with Gasteiger partial charge in [-0.1, -0.05) is 23.4 Å². The van der Waals surface area contributed by atoms with Gasteiger partial charge in [0.2, 0.25) is 5.91 Å². The zero-order valence-corrected chi connectivity index (χ0v) is 16.5. The minimum Gasteiger partial charge on any atom is -0.355 e. The molecule has 2 aliphatic rings. The number of nitrogens with one attached hydrogen (secondary N) is 1. The predicted molar refractivity (Wildman–Crippen MR) is 104 cm³/mol. The van der Waals surface area contributed by atoms with Crippen molar-refractivity contribution in [2.75, 3.05) is 12.3 Å². The summed E-state index contributed by atoms with van der Waals surface area (Å²) in [7, 11) is 0. The standard InChI is InChI=1S/C20H27N3O2S/c1-13-18(14(2)24)20(23-19(22-13)16-8-9-16)26-12-17(25)21-11-10-15-6-4-3-5-7-15/h6,16H,3-5,7-12H2,1-2H3,(H,21,25). The fourth-order valence-corrected chi connectivity index (χ4v) is 4.24. The van der Waals surface area contributed by atoms with Crippen molar-refractivity contribution in [2.24, 2.45) is 0 Å². The first-order valence-corrected chi connectivity index (χ1v) is 10.5. The van der Waals surface area contributed by atoms with Gasteiger partial charge in [-0.2, -0.15) is 0 Å². The molecule has 1 saturated carbocycles. The maximum Gasteiger partial charge on any atom is 0.230 e. The first kappa shape index (κ1) is 19.1. The van der Waals surface area contributed by atoms with Crippen LogP contribution < -0.4 is 5.32 Å². The van der Waals surface area contributed by atoms with Crippen LogP contribution in [0.1, 0.15) is 79.7 Å². The normalized spacial score (nSPS) is 16.9. The Morgan fingerprint density at radius 3 is 2.73 bits per heavy atom. The molecule has 0 unspecified atom stereocenters. The number of thioether (sulfide) groups is 1. The van der Waals surface area contributed by atoms with Gasteiger partial charge in [-0.05, 0) is 58.8 Å². The van der Waals surface area contributed by atoms with Crippen LogP contribution in [0.2, 0.25) is 0 Å². The van der Waals surface area contributed by atoms with E-state index in [1.807, 2.05) is 6.92 Å². The molecule has 3 rings (SSSR count). The molecule has 1 fully saturated rings. The molecule has 1 N–H and O–H groups in total. The maximum atomic E-state index is 12.2. The molecule has 1 aromatic rings. The summed E-state index contributed by atoms with van der Waals surface area (Å²) in [5.41, 5.74) is 2.74. The molecule has 0 spiro atoms. The lowest BCUT2D eigenvalue weighted by Gasteiger charge is -2.13. The molecule has 140 valence electrons. The first-order valence-electron chi connectivity index (χ1n) is 9.51. The molecule has 6 heteroatoms. The smallest absolute Gasteiger partial charge is 0.230 e. The van der Waals surface area contributed by atoms with E-state index in [0.29, 0.717) is 23.1 Å². The Bertz CT molecular complexity index is 726. The van der Waals surface area contributed by atoms with E-state index in [-0.39, 0.29) is 17.4 Å². The fraction of sp³-hybridized carbons (Fsp3) is 0.600. The van der Waals surface area contributed by atoms with Gasteiger partial charge in [0.15, 0.2) is 5.78 Å². The summed E-state index contributed by atoms with van der Waals surface area (Å²) in [4.78, 5) is 33.2. The van der Waals surface area contributed by atoms with E-state index in [4.69, 9.17) is 0 Å². The number of rotatable bonds is 8. The maximum absolute atomic E-state index is 12.2. The fourth-order valence-electron chi connectivity index (χ4n) is 3.28. The number of hydrogen-bond donors (Lipinski definition) is 1. The molecular formula is C20H27N3O2S. The van der Waals surface area contributed by atoms with E-state index >= 15 is 0 Å². The molecular weight excluding hydrogens is 346 g/mol. The van der Waals surface area contributed by atoms with Crippen LogP contribution in [-0.4, -0.2) is 34.0 Å². The van der Waals surface area contributed by atoms with Crippen molar-refractivity contribution in [3.63, 3.8) is 0 Å². The van der Waals surface area contributed by atoms with Crippen LogP contribution in [0, 0.1) is 6.92 Å². The average molecular weight is 374 g/mol. The lowest BCUT2D eigenvalue weighted by molar-refractivity contribution is -0.118. The Hall–Kier alpha value is -1.69. The highest BCUT2D eigenvalue weighted by Gasteiger charge is 2.29. The minimum absolute atomic E-state index is 0.00912. The molecule has 0 bridgehead atoms. The second-order valence-corrected chi connectivity index (χ2v) is 8.14. The van der Waals surface area contributed by atoms with E-state index in [1.165, 1.54) is 43.5 Å². The number of hydrogen-bond acceptors (Lipinski definition) is 5. The van der Waals surface area contributed by atoms with Gasteiger partial charge in [-0.3, -0.25) is 9.59 Å². The molecule has 1 amide bonds. The summed E-state index contributed by atoms with van der Waals surface area (Å²) in [6.45, 7) is 4.07. The van der Waals surface area contributed by atoms with Crippen molar-refractivity contribution >= 4 is 23.5 Å². The SMILES string of the molecule is CC(=O)c1c(C)nc(C2CC2)nc1SCC(=O)NCCC1=CCCCC1. The van der Waals surface area contributed by atoms with E-state index in [1.54, 1.807) is 0 Å². The largest absolute Gasteiger partial charge is 0.355 e. The van der Waals surface area contributed by atoms with Gasteiger partial charge in [0, 0.05) is 12.5 Å². The van der Waals surface area contributed by atoms with Crippen LogP contribution >= 0.6 is 11.8 Å². The van der Waals surface area contributed by atoms with Gasteiger partial charge in [0.25, 0.3) is 0 Å². The van der Waals surface area contributed by atoms with E-state index < -0.39 is 0 Å². The number of amides is 1. The Labute approximate surface area is 159 Å². The third-order valence-corrected chi connectivity index (χ3v) is 5.84. The second kappa shape index (κ2) is 8.80. The van der Waals surface area contributed by atoms with E-state index in [0.717, 1.165) is 37.2 Å². The molecule has 0 aromatic carbocycles. The number of carbonyl (C=O) groups is 2. The minimum atomic E-state index is -0.0445. The highest BCUT2D eigenvalue weighted by molar-refractivity contribution is 8.00. The average Bonchev–Trinajstić information content (AvgIpc) is 3.45. The highest BCUT2D eigenvalue weighted by atomic mass is 32.2. The van der Waals surface area contributed by atoms with Crippen molar-refractivity contribution in [3.05, 3.63) is 28.7 Å². The van der Waals surface area contributed by atoms with Gasteiger partial charge in [0.1, 0.15) is 10.9 Å². The second-order valence-electron chi connectivity index (χ2n) is 7.17. The summed E-state index contributed by atoms with van der Waals surface area (Å²) in [6.07, 6.45) is 10.4. The van der Waals surface area contributed by atoms with Gasteiger partial charge >= 0.3 is 0 Å². The van der Waals surface area contributed by atoms with Crippen LogP contribution in [0.25, 0.3) is 0 Å². The molecule has 1 heterocycles. The molecule has 2 aliphatic carbocycles. The molecule has 26 heavy (non-hydrogen) atoms. The van der Waals surface area contributed by atoms with Gasteiger partial charge in [0.05, 0.1) is 17.0 Å². The van der Waals surface area contributed by atoms with E-state index in [9.17, 15) is 9.59 Å². The van der Waals surface area contributed by atoms with Crippen LogP contribution in [-0.2, 0) is 4.79 Å². The molecule has 0 atom stereocenters. The molecule has 0 radical (unpaired) electrons. The van der Waals surface area contributed by atoms with Gasteiger partial charge < -0.3 is 5.32 Å². The number of allylic oxidation sites excluding steroid dienone is 1. The number of ketones is 1. The van der Waals surface area contributed by atoms with Crippen molar-refractivity contribution in [1.82, 2.24) is 15.3 Å². The zero-order valence-electron chi connectivity index (χ0n) is 15.6. The zero-order chi connectivity index (χ0) is 18.5. The van der Waals surface area contributed by atoms with Crippen molar-refractivity contribution in [1.29, 1.82) is 0 Å². The lowest BCUT2D eigenvalue weighted by Crippen LogP contribution is -2.26. The Morgan fingerprint density at radius 1 is 1.27 bits per heavy atom. The number of aromatic nitrogens is 2. The molecule has 5 nitrogen and oxygen atoms in total. The van der Waals surface area contributed by atoms with E-state index in [2.05, 4.69) is 21.4 Å². The van der Waals surface area contributed by atoms with Gasteiger partial charge in [-0.25, -0.2) is 9.97 Å².